The number of nitrogens with zero attached hydrogens (tertiary/aromatic N) is 2. The Kier molecular flexibility index (Phi) is 2.22. The van der Waals surface area contributed by atoms with Gasteiger partial charge in [-0.05, 0) is 30.3 Å². The highest BCUT2D eigenvalue weighted by Gasteiger charge is 2.05. The lowest BCUT2D eigenvalue weighted by Crippen LogP contribution is -1.82. The van der Waals surface area contributed by atoms with E-state index < -0.39 is 0 Å². The van der Waals surface area contributed by atoms with E-state index in [4.69, 9.17) is 0 Å². The summed E-state index contributed by atoms with van der Waals surface area (Å²) in [5.41, 5.74) is 2.81. The van der Waals surface area contributed by atoms with Crippen molar-refractivity contribution >= 4 is 27.0 Å². The molecular weight excluding hydrogens is 266 g/mol. The Morgan fingerprint density at radius 2 is 2.06 bits per heavy atom. The Balaban J connectivity index is 2.19. The SMILES string of the molecule is Brc1ccc2[nH]c(-c3ccccn3)nc2c1. The van der Waals surface area contributed by atoms with Crippen molar-refractivity contribution in [3.8, 4) is 11.5 Å². The third-order valence-electron chi connectivity index (χ3n) is 2.35. The fraction of sp³-hybridized carbons (Fsp3) is 0. The summed E-state index contributed by atoms with van der Waals surface area (Å²) in [6.45, 7) is 0. The normalized spacial score (nSPS) is 10.8. The van der Waals surface area contributed by atoms with Crippen LogP contribution in [0, 0.1) is 0 Å². The summed E-state index contributed by atoms with van der Waals surface area (Å²) in [4.78, 5) is 12.0. The van der Waals surface area contributed by atoms with Crippen LogP contribution >= 0.6 is 15.9 Å². The summed E-state index contributed by atoms with van der Waals surface area (Å²) >= 11 is 3.43. The number of fused-ring (bicyclic) bond motifs is 1. The second-order valence-corrected chi connectivity index (χ2v) is 4.38. The number of hydrogen-bond acceptors (Lipinski definition) is 2. The van der Waals surface area contributed by atoms with Gasteiger partial charge >= 0.3 is 0 Å². The summed E-state index contributed by atoms with van der Waals surface area (Å²) in [5, 5.41) is 0. The number of aromatic nitrogens is 3. The molecule has 0 saturated carbocycles. The van der Waals surface area contributed by atoms with Crippen molar-refractivity contribution in [3.63, 3.8) is 0 Å². The minimum atomic E-state index is 0.800. The molecule has 0 aliphatic carbocycles. The first-order valence-electron chi connectivity index (χ1n) is 4.89. The Hall–Kier alpha value is -1.68. The lowest BCUT2D eigenvalue weighted by molar-refractivity contribution is 1.24. The van der Waals surface area contributed by atoms with Crippen LogP contribution < -0.4 is 0 Å². The molecule has 3 nitrogen and oxygen atoms in total. The van der Waals surface area contributed by atoms with Crippen molar-refractivity contribution in [2.45, 2.75) is 0 Å². The van der Waals surface area contributed by atoms with Gasteiger partial charge in [-0.1, -0.05) is 22.0 Å². The van der Waals surface area contributed by atoms with Crippen molar-refractivity contribution in [2.75, 3.05) is 0 Å². The standard InChI is InChI=1S/C12H8BrN3/c13-8-4-5-9-11(7-8)16-12(15-9)10-3-1-2-6-14-10/h1-7H,(H,15,16). The third-order valence-corrected chi connectivity index (χ3v) is 2.85. The van der Waals surface area contributed by atoms with E-state index >= 15 is 0 Å². The minimum absolute atomic E-state index is 0.800. The van der Waals surface area contributed by atoms with Gasteiger partial charge in [0.1, 0.15) is 5.69 Å². The van der Waals surface area contributed by atoms with E-state index in [-0.39, 0.29) is 0 Å². The Morgan fingerprint density at radius 3 is 2.88 bits per heavy atom. The van der Waals surface area contributed by atoms with Gasteiger partial charge < -0.3 is 4.98 Å². The monoisotopic (exact) mass is 273 g/mol. The van der Waals surface area contributed by atoms with Gasteiger partial charge in [0.2, 0.25) is 0 Å². The first kappa shape index (κ1) is 9.54. The van der Waals surface area contributed by atoms with Gasteiger partial charge in [-0.25, -0.2) is 4.98 Å². The van der Waals surface area contributed by atoms with Crippen LogP contribution in [0.15, 0.2) is 47.1 Å². The van der Waals surface area contributed by atoms with Gasteiger partial charge in [0.05, 0.1) is 11.0 Å². The zero-order valence-electron chi connectivity index (χ0n) is 8.31. The lowest BCUT2D eigenvalue weighted by Gasteiger charge is -1.92. The molecule has 1 aromatic carbocycles. The molecule has 78 valence electrons. The number of pyridine rings is 1. The van der Waals surface area contributed by atoms with Gasteiger partial charge in [-0.15, -0.1) is 0 Å². The average molecular weight is 274 g/mol. The molecule has 0 aliphatic rings. The molecule has 0 spiro atoms. The van der Waals surface area contributed by atoms with Crippen molar-refractivity contribution in [3.05, 3.63) is 47.1 Å². The van der Waals surface area contributed by atoms with Crippen molar-refractivity contribution in [2.24, 2.45) is 0 Å². The molecule has 16 heavy (non-hydrogen) atoms. The highest BCUT2D eigenvalue weighted by Crippen LogP contribution is 2.21. The molecule has 3 rings (SSSR count). The first-order valence-corrected chi connectivity index (χ1v) is 5.69. The van der Waals surface area contributed by atoms with Crippen LogP contribution in [0.1, 0.15) is 0 Å². The van der Waals surface area contributed by atoms with Crippen LogP contribution in [-0.4, -0.2) is 15.0 Å². The molecule has 0 saturated heterocycles. The second kappa shape index (κ2) is 3.72. The summed E-state index contributed by atoms with van der Waals surface area (Å²) < 4.78 is 1.03. The minimum Gasteiger partial charge on any atom is -0.337 e. The van der Waals surface area contributed by atoms with Gasteiger partial charge in [-0.3, -0.25) is 4.98 Å². The number of hydrogen-bond donors (Lipinski definition) is 1. The summed E-state index contributed by atoms with van der Waals surface area (Å²) in [7, 11) is 0. The van der Waals surface area contributed by atoms with Crippen molar-refractivity contribution in [1.82, 2.24) is 15.0 Å². The molecule has 0 atom stereocenters. The molecule has 0 aliphatic heterocycles. The number of rotatable bonds is 1. The molecule has 0 unspecified atom stereocenters. The number of imidazole rings is 1. The van der Waals surface area contributed by atoms with E-state index in [9.17, 15) is 0 Å². The van der Waals surface area contributed by atoms with E-state index in [0.29, 0.717) is 0 Å². The summed E-state index contributed by atoms with van der Waals surface area (Å²) in [6.07, 6.45) is 1.76. The molecule has 4 heteroatoms. The molecule has 2 heterocycles. The van der Waals surface area contributed by atoms with E-state index in [0.717, 1.165) is 27.0 Å². The first-order chi connectivity index (χ1) is 7.83. The molecule has 3 aromatic rings. The van der Waals surface area contributed by atoms with Gasteiger partial charge in [0, 0.05) is 10.7 Å². The van der Waals surface area contributed by atoms with E-state index in [1.54, 1.807) is 6.20 Å². The maximum Gasteiger partial charge on any atom is 0.157 e. The van der Waals surface area contributed by atoms with Crippen LogP contribution in [0.3, 0.4) is 0 Å². The van der Waals surface area contributed by atoms with Gasteiger partial charge in [-0.2, -0.15) is 0 Å². The molecule has 0 fully saturated rings. The molecule has 0 amide bonds. The maximum absolute atomic E-state index is 4.50. The molecular formula is C12H8BrN3. The smallest absolute Gasteiger partial charge is 0.157 e. The highest BCUT2D eigenvalue weighted by molar-refractivity contribution is 9.10. The van der Waals surface area contributed by atoms with Crippen LogP contribution in [0.2, 0.25) is 0 Å². The molecule has 0 bridgehead atoms. The Bertz CT molecular complexity index is 631. The quantitative estimate of drug-likeness (QED) is 0.739. The lowest BCUT2D eigenvalue weighted by atomic mass is 10.3. The molecule has 0 radical (unpaired) electrons. The van der Waals surface area contributed by atoms with Crippen molar-refractivity contribution < 1.29 is 0 Å². The number of nitrogens with one attached hydrogen (secondary N) is 1. The zero-order chi connectivity index (χ0) is 11.0. The fourth-order valence-corrected chi connectivity index (χ4v) is 1.95. The average Bonchev–Trinajstić information content (AvgIpc) is 2.73. The highest BCUT2D eigenvalue weighted by atomic mass is 79.9. The zero-order valence-corrected chi connectivity index (χ0v) is 9.90. The number of aromatic amines is 1. The Morgan fingerprint density at radius 1 is 1.12 bits per heavy atom. The van der Waals surface area contributed by atoms with Crippen LogP contribution in [0.25, 0.3) is 22.6 Å². The summed E-state index contributed by atoms with van der Waals surface area (Å²) in [5.74, 6) is 0.800. The maximum atomic E-state index is 4.50. The number of H-pyrrole nitrogens is 1. The number of benzene rings is 1. The van der Waals surface area contributed by atoms with Crippen LogP contribution in [0.5, 0.6) is 0 Å². The second-order valence-electron chi connectivity index (χ2n) is 3.46. The predicted molar refractivity (Wildman–Crippen MR) is 67.0 cm³/mol. The number of halogens is 1. The molecule has 2 aromatic heterocycles. The molecule has 1 N–H and O–H groups in total. The topological polar surface area (TPSA) is 41.6 Å². The third kappa shape index (κ3) is 1.61. The van der Waals surface area contributed by atoms with Gasteiger partial charge in [0.15, 0.2) is 5.82 Å². The Labute approximate surface area is 101 Å². The largest absolute Gasteiger partial charge is 0.337 e. The predicted octanol–water partition coefficient (Wildman–Crippen LogP) is 3.39. The van der Waals surface area contributed by atoms with E-state index in [1.165, 1.54) is 0 Å². The van der Waals surface area contributed by atoms with E-state index in [2.05, 4.69) is 30.9 Å². The van der Waals surface area contributed by atoms with Crippen LogP contribution in [0.4, 0.5) is 0 Å². The summed E-state index contributed by atoms with van der Waals surface area (Å²) in [6, 6.07) is 11.8. The van der Waals surface area contributed by atoms with E-state index in [1.807, 2.05) is 36.4 Å². The van der Waals surface area contributed by atoms with Gasteiger partial charge in [0.25, 0.3) is 0 Å². The fourth-order valence-electron chi connectivity index (χ4n) is 1.60. The van der Waals surface area contributed by atoms with Crippen molar-refractivity contribution in [1.29, 1.82) is 0 Å². The van der Waals surface area contributed by atoms with Crippen LogP contribution in [-0.2, 0) is 0 Å².